The van der Waals surface area contributed by atoms with Gasteiger partial charge in [0.25, 0.3) is 0 Å². The summed E-state index contributed by atoms with van der Waals surface area (Å²) in [6.45, 7) is 0.427. The van der Waals surface area contributed by atoms with Crippen molar-refractivity contribution in [2.24, 2.45) is 0 Å². The lowest BCUT2D eigenvalue weighted by molar-refractivity contribution is -0.140. The number of carboxylic acids is 1. The van der Waals surface area contributed by atoms with E-state index in [0.717, 1.165) is 25.3 Å². The molecule has 13 heteroatoms. The van der Waals surface area contributed by atoms with Crippen LogP contribution in [-0.2, 0) is 24.3 Å². The van der Waals surface area contributed by atoms with E-state index in [0.29, 0.717) is 18.7 Å². The number of aryl methyl sites for hydroxylation is 1. The molecule has 2 fully saturated rings. The lowest BCUT2D eigenvalue weighted by Gasteiger charge is -2.40. The Bertz CT molecular complexity index is 1110. The zero-order valence-electron chi connectivity index (χ0n) is 19.4. The van der Waals surface area contributed by atoms with Gasteiger partial charge < -0.3 is 29.4 Å². The van der Waals surface area contributed by atoms with Gasteiger partial charge in [0.1, 0.15) is 24.0 Å². The van der Waals surface area contributed by atoms with Gasteiger partial charge in [-0.3, -0.25) is 9.69 Å². The highest BCUT2D eigenvalue weighted by Gasteiger charge is 2.36. The molecule has 12 nitrogen and oxygen atoms in total. The number of piperidine rings is 1. The quantitative estimate of drug-likeness (QED) is 0.460. The maximum absolute atomic E-state index is 12.6. The van der Waals surface area contributed by atoms with Gasteiger partial charge >= 0.3 is 12.7 Å². The summed E-state index contributed by atoms with van der Waals surface area (Å²) in [4.78, 5) is 28.5. The number of carbonyl (C=O) groups is 2. The number of rotatable bonds is 7. The third-order valence-electron chi connectivity index (χ3n) is 6.72. The molecule has 2 aromatic rings. The Hall–Kier alpha value is -3.16. The van der Waals surface area contributed by atoms with Crippen LogP contribution >= 0.6 is 0 Å². The second kappa shape index (κ2) is 9.48. The molecule has 188 valence electrons. The third-order valence-corrected chi connectivity index (χ3v) is 6.72. The van der Waals surface area contributed by atoms with Gasteiger partial charge in [-0.2, -0.15) is 0 Å². The van der Waals surface area contributed by atoms with Crippen LogP contribution in [-0.4, -0.2) is 90.9 Å². The number of ether oxygens (including phenoxy) is 1. The van der Waals surface area contributed by atoms with E-state index in [-0.39, 0.29) is 48.4 Å². The molecule has 5 rings (SSSR count). The molecular weight excluding hydrogens is 457 g/mol. The fourth-order valence-corrected chi connectivity index (χ4v) is 4.80. The predicted octanol–water partition coefficient (Wildman–Crippen LogP) is 0.110. The zero-order chi connectivity index (χ0) is 24.6. The lowest BCUT2D eigenvalue weighted by atomic mass is 9.70. The monoisotopic (exact) mass is 486 g/mol. The van der Waals surface area contributed by atoms with Crippen molar-refractivity contribution in [1.82, 2.24) is 24.8 Å². The van der Waals surface area contributed by atoms with Crippen LogP contribution in [0.15, 0.2) is 18.3 Å². The molecule has 3 aliphatic heterocycles. The first kappa shape index (κ1) is 23.6. The summed E-state index contributed by atoms with van der Waals surface area (Å²) in [5, 5.41) is 37.7. The van der Waals surface area contributed by atoms with Gasteiger partial charge in [-0.05, 0) is 44.0 Å². The zero-order valence-corrected chi connectivity index (χ0v) is 19.4. The van der Waals surface area contributed by atoms with Crippen LogP contribution in [0.5, 0.6) is 11.5 Å². The molecule has 0 spiro atoms. The number of hydrogen-bond acceptors (Lipinski definition) is 9. The highest BCUT2D eigenvalue weighted by Crippen LogP contribution is 2.39. The largest absolute Gasteiger partial charge is 0.669 e. The Kier molecular flexibility index (Phi) is 6.38. The average Bonchev–Trinajstić information content (AvgIpc) is 3.21. The molecule has 0 aliphatic carbocycles. The number of aromatic carboxylic acids is 1. The van der Waals surface area contributed by atoms with Crippen LogP contribution in [0.4, 0.5) is 0 Å². The van der Waals surface area contributed by atoms with Gasteiger partial charge in [-0.15, -0.1) is 5.10 Å². The highest BCUT2D eigenvalue weighted by molar-refractivity contribution is 6.59. The molecule has 4 heterocycles. The first-order chi connectivity index (χ1) is 16.8. The number of carboxylic acid groups (broad SMARTS) is 1. The van der Waals surface area contributed by atoms with Gasteiger partial charge in [0.15, 0.2) is 0 Å². The summed E-state index contributed by atoms with van der Waals surface area (Å²) in [7, 11) is 0. The molecule has 3 N–H and O–H groups in total. The minimum Gasteiger partial charge on any atom is -0.669 e. The number of hydrogen-bond donors (Lipinski definition) is 3. The van der Waals surface area contributed by atoms with Gasteiger partial charge in [0.05, 0.1) is 30.7 Å². The maximum atomic E-state index is 12.6. The van der Waals surface area contributed by atoms with Crippen molar-refractivity contribution < 1.29 is 34.1 Å². The molecule has 0 bridgehead atoms. The van der Waals surface area contributed by atoms with Crippen molar-refractivity contribution in [3.05, 3.63) is 35.2 Å². The Labute approximate surface area is 202 Å². The third kappa shape index (κ3) is 5.26. The van der Waals surface area contributed by atoms with Crippen molar-refractivity contribution in [2.75, 3.05) is 26.2 Å². The fourth-order valence-electron chi connectivity index (χ4n) is 4.80. The van der Waals surface area contributed by atoms with E-state index in [1.807, 2.05) is 0 Å². The van der Waals surface area contributed by atoms with Gasteiger partial charge in [0.2, 0.25) is 5.91 Å². The van der Waals surface area contributed by atoms with Crippen molar-refractivity contribution in [2.45, 2.75) is 51.2 Å². The summed E-state index contributed by atoms with van der Waals surface area (Å²) in [5.41, 5.74) is 1.18. The van der Waals surface area contributed by atoms with E-state index < -0.39 is 12.7 Å². The number of amides is 1. The molecule has 1 aromatic carbocycles. The second-order valence-electron chi connectivity index (χ2n) is 9.53. The molecule has 0 unspecified atom stereocenters. The number of aromatic nitrogens is 3. The average molecular weight is 486 g/mol. The van der Waals surface area contributed by atoms with E-state index >= 15 is 0 Å². The molecule has 0 atom stereocenters. The van der Waals surface area contributed by atoms with Gasteiger partial charge in [-0.1, -0.05) is 24.0 Å². The minimum absolute atomic E-state index is 0.00250. The summed E-state index contributed by atoms with van der Waals surface area (Å²) < 4.78 is 12.6. The molecule has 0 saturated carbocycles. The predicted molar refractivity (Wildman–Crippen MR) is 123 cm³/mol. The molecule has 35 heavy (non-hydrogen) atoms. The molecule has 3 aliphatic rings. The molecule has 1 aromatic heterocycles. The van der Waals surface area contributed by atoms with E-state index in [1.54, 1.807) is 23.2 Å². The summed E-state index contributed by atoms with van der Waals surface area (Å²) >= 11 is 0. The van der Waals surface area contributed by atoms with E-state index in [9.17, 15) is 24.7 Å². The Balaban J connectivity index is 1.16. The van der Waals surface area contributed by atoms with Crippen LogP contribution in [0.1, 0.15) is 40.9 Å². The van der Waals surface area contributed by atoms with Crippen LogP contribution in [0.3, 0.4) is 0 Å². The van der Waals surface area contributed by atoms with Crippen molar-refractivity contribution in [1.29, 1.82) is 0 Å². The van der Waals surface area contributed by atoms with E-state index in [1.165, 1.54) is 23.9 Å². The molecule has 1 amide bonds. The molecule has 0 radical (unpaired) electrons. The number of fused-ring (bicyclic) bond motifs is 1. The van der Waals surface area contributed by atoms with Crippen molar-refractivity contribution >= 4 is 18.6 Å². The van der Waals surface area contributed by atoms with Crippen LogP contribution < -0.4 is 9.39 Å². The highest BCUT2D eigenvalue weighted by atomic mass is 16.6. The first-order valence-electron chi connectivity index (χ1n) is 12.0. The lowest BCUT2D eigenvalue weighted by Crippen LogP contribution is -2.57. The first-order valence-corrected chi connectivity index (χ1v) is 12.0. The Morgan fingerprint density at radius 1 is 1.17 bits per heavy atom. The van der Waals surface area contributed by atoms with Crippen LogP contribution in [0, 0.1) is 0 Å². The number of carbonyl (C=O) groups excluding carboxylic acids is 1. The number of likely N-dealkylation sites (tertiary alicyclic amines) is 2. The second-order valence-corrected chi connectivity index (χ2v) is 9.53. The maximum Gasteiger partial charge on any atom is 0.430 e. The fraction of sp³-hybridized carbons (Fsp3) is 0.545. The number of nitrogens with zero attached hydrogens (tertiary/aromatic N) is 5. The SMILES string of the molecule is O=C(O)c1c(OC2CN(C(=O)Cn3cc(CN4CCCCC4)nn3)C2)ccc2c1O[B-](O)(O)CC2. The molecular formula is C22H29BN5O7-. The normalized spacial score (nSPS) is 20.0. The van der Waals surface area contributed by atoms with E-state index in [4.69, 9.17) is 9.39 Å². The Morgan fingerprint density at radius 2 is 1.94 bits per heavy atom. The van der Waals surface area contributed by atoms with Gasteiger partial charge in [-0.25, -0.2) is 9.48 Å². The summed E-state index contributed by atoms with van der Waals surface area (Å²) in [6, 6.07) is 3.21. The van der Waals surface area contributed by atoms with Crippen LogP contribution in [0.2, 0.25) is 6.32 Å². The van der Waals surface area contributed by atoms with Crippen molar-refractivity contribution in [3.8, 4) is 11.5 Å². The smallest absolute Gasteiger partial charge is 0.430 e. The van der Waals surface area contributed by atoms with Crippen molar-refractivity contribution in [3.63, 3.8) is 0 Å². The minimum atomic E-state index is -3.11. The van der Waals surface area contributed by atoms with E-state index in [2.05, 4.69) is 15.2 Å². The Morgan fingerprint density at radius 3 is 2.69 bits per heavy atom. The van der Waals surface area contributed by atoms with Crippen LogP contribution in [0.25, 0.3) is 0 Å². The topological polar surface area (TPSA) is 150 Å². The number of benzene rings is 1. The van der Waals surface area contributed by atoms with Gasteiger partial charge in [0, 0.05) is 6.54 Å². The standard InChI is InChI=1S/C22H29BN5O7/c29-19(14-28-11-16(24-25-28)10-26-8-2-1-3-9-26)27-12-17(13-27)34-18-5-4-15-6-7-23(32,33)35-21(15)20(18)22(30)31/h4-5,11,17,32-33H,1-3,6-10,12-14H2,(H,30,31)/q-1. The summed E-state index contributed by atoms with van der Waals surface area (Å²) in [5.74, 6) is -1.42. The molecule has 2 saturated heterocycles. The summed E-state index contributed by atoms with van der Waals surface area (Å²) in [6.07, 6.45) is 5.36.